The molecule has 0 radical (unpaired) electrons. The Hall–Kier alpha value is -5.02. The van der Waals surface area contributed by atoms with Crippen molar-refractivity contribution in [2.24, 2.45) is 0 Å². The number of carbonyl (C=O) groups is 7. The van der Waals surface area contributed by atoms with E-state index in [1.54, 1.807) is 56.1 Å². The quantitative estimate of drug-likeness (QED) is 0.0661. The van der Waals surface area contributed by atoms with Crippen molar-refractivity contribution in [1.29, 1.82) is 0 Å². The molecule has 0 aliphatic carbocycles. The van der Waals surface area contributed by atoms with Gasteiger partial charge in [0.1, 0.15) is 10.6 Å². The molecule has 318 valence electrons. The molecule has 1 atom stereocenters. The summed E-state index contributed by atoms with van der Waals surface area (Å²) in [5, 5.41) is 46.9. The summed E-state index contributed by atoms with van der Waals surface area (Å²) in [4.78, 5) is 95.2. The maximum absolute atomic E-state index is 12.7. The highest BCUT2D eigenvalue weighted by Crippen LogP contribution is 2.12. The molecule has 20 heteroatoms. The summed E-state index contributed by atoms with van der Waals surface area (Å²) in [6.07, 6.45) is 2.74. The first-order valence-electron chi connectivity index (χ1n) is 19.0. The molecule has 0 spiro atoms. The molecule has 7 N–H and O–H groups in total. The summed E-state index contributed by atoms with van der Waals surface area (Å²) < 4.78 is 0.707. The minimum absolute atomic E-state index is 0.0524. The highest BCUT2D eigenvalue weighted by Gasteiger charge is 2.28. The number of unbranched alkanes of at least 4 members (excludes halogenated alkanes) is 1. The second-order valence-electron chi connectivity index (χ2n) is 13.9. The Morgan fingerprint density at radius 3 is 1.62 bits per heavy atom. The summed E-state index contributed by atoms with van der Waals surface area (Å²) in [7, 11) is 0. The summed E-state index contributed by atoms with van der Waals surface area (Å²) in [5.41, 5.74) is 2.16. The number of hydrogen-bond acceptors (Lipinski definition) is 12. The molecule has 1 aromatic heterocycles. The monoisotopic (exact) mass is 876 g/mol. The number of carboxylic acid groups (broad SMARTS) is 4. The first kappa shape index (κ1) is 47.4. The van der Waals surface area contributed by atoms with E-state index in [1.165, 1.54) is 0 Å². The van der Waals surface area contributed by atoms with Crippen LogP contribution in [-0.4, -0.2) is 171 Å². The molecule has 1 fully saturated rings. The van der Waals surface area contributed by atoms with Crippen LogP contribution in [0.4, 0.5) is 0 Å². The number of carboxylic acids is 4. The fourth-order valence-corrected chi connectivity index (χ4v) is 6.46. The molecular weight excluding hydrogens is 824 g/mol. The number of aliphatic carboxylic acids is 4. The van der Waals surface area contributed by atoms with Gasteiger partial charge < -0.3 is 36.4 Å². The van der Waals surface area contributed by atoms with Gasteiger partial charge in [-0.1, -0.05) is 18.2 Å². The molecule has 3 amide bonds. The lowest BCUT2D eigenvalue weighted by atomic mass is 10.1. The predicted molar refractivity (Wildman–Crippen MR) is 213 cm³/mol. The van der Waals surface area contributed by atoms with Gasteiger partial charge in [-0.2, -0.15) is 0 Å². The summed E-state index contributed by atoms with van der Waals surface area (Å²) in [5.74, 6) is -5.22. The standard InChI is InChI=1S/C38H53BrN8O11/c39-31-10-6-28(22-41-31)23-43-37(56)29-7-4-27(5-8-29)21-42-32(48)3-1-2-12-40-33(49)11-9-30(38(57)58)47-19-17-45(25-35(52)53)15-13-44(24-34(50)51)14-16-46(18-20-47)26-36(54)55/h4-8,10,22,30H,1-3,9,11-21,23-26H2,(H,40,49)(H,42,48)(H,43,56)(H,50,51)(H,52,53)(H,54,55)(H,57,58). The number of benzene rings is 1. The van der Waals surface area contributed by atoms with Gasteiger partial charge in [-0.15, -0.1) is 0 Å². The number of rotatable bonds is 21. The Morgan fingerprint density at radius 2 is 1.12 bits per heavy atom. The van der Waals surface area contributed by atoms with Crippen molar-refractivity contribution in [1.82, 2.24) is 40.5 Å². The lowest BCUT2D eigenvalue weighted by Crippen LogP contribution is -2.52. The van der Waals surface area contributed by atoms with Crippen molar-refractivity contribution < 1.29 is 54.0 Å². The van der Waals surface area contributed by atoms with Crippen LogP contribution in [0.25, 0.3) is 0 Å². The summed E-state index contributed by atoms with van der Waals surface area (Å²) >= 11 is 3.27. The van der Waals surface area contributed by atoms with Gasteiger partial charge in [-0.3, -0.25) is 53.2 Å². The topological polar surface area (TPSA) is 262 Å². The van der Waals surface area contributed by atoms with Crippen LogP contribution in [0.15, 0.2) is 47.2 Å². The SMILES string of the molecule is O=C(O)CN1CCN(CC(=O)O)CCN(C(CCC(=O)NCCCCC(=O)NCc2ccc(C(=O)NCc3ccc(Br)nc3)cc2)C(=O)O)CCN(CC(=O)O)CC1. The molecule has 1 aromatic carbocycles. The molecule has 2 aromatic rings. The highest BCUT2D eigenvalue weighted by atomic mass is 79.9. The van der Waals surface area contributed by atoms with Crippen LogP contribution in [-0.2, 0) is 41.9 Å². The molecule has 3 rings (SSSR count). The average molecular weight is 878 g/mol. The van der Waals surface area contributed by atoms with Crippen LogP contribution in [0.1, 0.15) is 53.6 Å². The second kappa shape index (κ2) is 25.4. The van der Waals surface area contributed by atoms with Crippen molar-refractivity contribution in [3.63, 3.8) is 0 Å². The Morgan fingerprint density at radius 1 is 0.621 bits per heavy atom. The number of nitrogens with one attached hydrogen (secondary N) is 3. The lowest BCUT2D eigenvalue weighted by molar-refractivity contribution is -0.145. The van der Waals surface area contributed by atoms with Crippen LogP contribution in [0.5, 0.6) is 0 Å². The van der Waals surface area contributed by atoms with Crippen molar-refractivity contribution in [3.8, 4) is 0 Å². The van der Waals surface area contributed by atoms with Gasteiger partial charge in [-0.25, -0.2) is 4.98 Å². The first-order valence-corrected chi connectivity index (χ1v) is 19.8. The molecule has 1 aliphatic rings. The lowest BCUT2D eigenvalue weighted by Gasteiger charge is -2.35. The third-order valence-electron chi connectivity index (χ3n) is 9.42. The fraction of sp³-hybridized carbons (Fsp3) is 0.526. The van der Waals surface area contributed by atoms with Gasteiger partial charge in [0, 0.05) is 96.6 Å². The number of pyridine rings is 1. The van der Waals surface area contributed by atoms with Crippen LogP contribution < -0.4 is 16.0 Å². The zero-order valence-corrected chi connectivity index (χ0v) is 33.9. The minimum atomic E-state index is -1.18. The Bertz CT molecular complexity index is 1650. The van der Waals surface area contributed by atoms with Gasteiger partial charge in [0.25, 0.3) is 5.91 Å². The number of hydrogen-bond donors (Lipinski definition) is 7. The Kier molecular flexibility index (Phi) is 20.7. The van der Waals surface area contributed by atoms with E-state index in [4.69, 9.17) is 0 Å². The van der Waals surface area contributed by atoms with E-state index in [2.05, 4.69) is 36.9 Å². The van der Waals surface area contributed by atoms with E-state index in [0.29, 0.717) is 29.6 Å². The van der Waals surface area contributed by atoms with Crippen LogP contribution in [0.3, 0.4) is 0 Å². The fourth-order valence-electron chi connectivity index (χ4n) is 6.23. The number of nitrogens with zero attached hydrogens (tertiary/aromatic N) is 5. The van der Waals surface area contributed by atoms with Gasteiger partial charge in [0.15, 0.2) is 0 Å². The molecule has 0 bridgehead atoms. The van der Waals surface area contributed by atoms with E-state index in [9.17, 15) is 54.0 Å². The zero-order chi connectivity index (χ0) is 42.5. The maximum Gasteiger partial charge on any atom is 0.320 e. The number of amides is 3. The summed E-state index contributed by atoms with van der Waals surface area (Å²) in [6, 6.07) is 9.43. The predicted octanol–water partition coefficient (Wildman–Crippen LogP) is 0.386. The summed E-state index contributed by atoms with van der Waals surface area (Å²) in [6.45, 7) is 1.22. The van der Waals surface area contributed by atoms with Gasteiger partial charge in [0.05, 0.1) is 19.6 Å². The number of halogens is 1. The van der Waals surface area contributed by atoms with E-state index in [-0.39, 0.29) is 122 Å². The Labute approximate surface area is 344 Å². The largest absolute Gasteiger partial charge is 0.480 e. The number of carbonyl (C=O) groups excluding carboxylic acids is 3. The molecule has 1 unspecified atom stereocenters. The molecule has 0 saturated carbocycles. The second-order valence-corrected chi connectivity index (χ2v) is 14.7. The third kappa shape index (κ3) is 18.9. The van der Waals surface area contributed by atoms with Crippen molar-refractivity contribution >= 4 is 57.5 Å². The van der Waals surface area contributed by atoms with E-state index in [0.717, 1.165) is 11.1 Å². The third-order valence-corrected chi connectivity index (χ3v) is 9.89. The van der Waals surface area contributed by atoms with E-state index >= 15 is 0 Å². The van der Waals surface area contributed by atoms with Gasteiger partial charge in [-0.05, 0) is 64.5 Å². The van der Waals surface area contributed by atoms with Gasteiger partial charge >= 0.3 is 23.9 Å². The van der Waals surface area contributed by atoms with Crippen molar-refractivity contribution in [2.45, 2.75) is 51.2 Å². The van der Waals surface area contributed by atoms with Crippen LogP contribution >= 0.6 is 15.9 Å². The van der Waals surface area contributed by atoms with Gasteiger partial charge in [0.2, 0.25) is 11.8 Å². The first-order chi connectivity index (χ1) is 27.7. The van der Waals surface area contributed by atoms with E-state index < -0.39 is 29.9 Å². The maximum atomic E-state index is 12.7. The Balaban J connectivity index is 1.42. The smallest absolute Gasteiger partial charge is 0.320 e. The molecule has 58 heavy (non-hydrogen) atoms. The van der Waals surface area contributed by atoms with Crippen molar-refractivity contribution in [2.75, 3.05) is 78.5 Å². The molecule has 1 saturated heterocycles. The zero-order valence-electron chi connectivity index (χ0n) is 32.3. The minimum Gasteiger partial charge on any atom is -0.480 e. The van der Waals surface area contributed by atoms with E-state index in [1.807, 2.05) is 6.07 Å². The van der Waals surface area contributed by atoms with Crippen LogP contribution in [0, 0.1) is 0 Å². The average Bonchev–Trinajstić information content (AvgIpc) is 3.16. The normalized spacial score (nSPS) is 15.6. The number of aromatic nitrogens is 1. The molecule has 19 nitrogen and oxygen atoms in total. The molecule has 1 aliphatic heterocycles. The highest BCUT2D eigenvalue weighted by molar-refractivity contribution is 9.10. The molecule has 2 heterocycles. The molecular formula is C38H53BrN8O11. The van der Waals surface area contributed by atoms with Crippen LogP contribution in [0.2, 0.25) is 0 Å². The van der Waals surface area contributed by atoms with Crippen molar-refractivity contribution in [3.05, 3.63) is 63.9 Å².